The quantitative estimate of drug-likeness (QED) is 0.489. The van der Waals surface area contributed by atoms with E-state index in [-0.39, 0.29) is 29.7 Å². The van der Waals surface area contributed by atoms with Crippen molar-refractivity contribution in [2.45, 2.75) is 23.8 Å². The van der Waals surface area contributed by atoms with Crippen molar-refractivity contribution in [3.05, 3.63) is 58.1 Å². The van der Waals surface area contributed by atoms with Gasteiger partial charge in [0, 0.05) is 19.2 Å². The smallest absolute Gasteiger partial charge is 0.293 e. The number of hydrogen-bond acceptors (Lipinski definition) is 7. The van der Waals surface area contributed by atoms with Gasteiger partial charge in [-0.25, -0.2) is 8.42 Å². The lowest BCUT2D eigenvalue weighted by Crippen LogP contribution is -2.40. The second-order valence-corrected chi connectivity index (χ2v) is 9.62. The first-order chi connectivity index (χ1) is 14.9. The van der Waals surface area contributed by atoms with Gasteiger partial charge < -0.3 is 14.8 Å². The molecule has 31 heavy (non-hydrogen) atoms. The van der Waals surface area contributed by atoms with Crippen LogP contribution >= 0.6 is 0 Å². The van der Waals surface area contributed by atoms with E-state index in [0.29, 0.717) is 24.8 Å². The summed E-state index contributed by atoms with van der Waals surface area (Å²) >= 11 is 0. The Morgan fingerprint density at radius 2 is 1.84 bits per heavy atom. The van der Waals surface area contributed by atoms with Crippen molar-refractivity contribution >= 4 is 21.4 Å². The van der Waals surface area contributed by atoms with E-state index in [1.54, 1.807) is 7.11 Å². The first-order valence-electron chi connectivity index (χ1n) is 10.2. The van der Waals surface area contributed by atoms with E-state index in [1.807, 2.05) is 24.3 Å². The Labute approximate surface area is 181 Å². The fourth-order valence-corrected chi connectivity index (χ4v) is 5.19. The molecule has 0 bridgehead atoms. The molecule has 2 aliphatic rings. The highest BCUT2D eigenvalue weighted by atomic mass is 32.2. The first kappa shape index (κ1) is 21.5. The number of benzene rings is 2. The molecule has 0 radical (unpaired) electrons. The largest absolute Gasteiger partial charge is 0.497 e. The number of anilines is 1. The van der Waals surface area contributed by atoms with Gasteiger partial charge in [0.2, 0.25) is 10.0 Å². The fourth-order valence-electron chi connectivity index (χ4n) is 3.76. The number of nitro groups is 1. The molecule has 1 N–H and O–H groups in total. The van der Waals surface area contributed by atoms with Crippen LogP contribution in [0.25, 0.3) is 0 Å². The minimum absolute atomic E-state index is 0.0842. The van der Waals surface area contributed by atoms with Crippen LogP contribution in [-0.2, 0) is 14.8 Å². The zero-order valence-corrected chi connectivity index (χ0v) is 18.0. The second kappa shape index (κ2) is 8.81. The van der Waals surface area contributed by atoms with Crippen LogP contribution < -0.4 is 10.1 Å². The van der Waals surface area contributed by atoms with E-state index in [4.69, 9.17) is 9.47 Å². The Balaban J connectivity index is 1.63. The summed E-state index contributed by atoms with van der Waals surface area (Å²) in [6.45, 7) is 1.09. The standard InChI is InChI=1S/C21H25N3O6S/c1-29-17-6-4-16(5-7-17)21(15-2-3-15)22-19-9-8-18(14-20(19)24(25)26)31(27,28)23-10-12-30-13-11-23/h4-9,14-15,21-22H,2-3,10-13H2,1H3. The lowest BCUT2D eigenvalue weighted by Gasteiger charge is -2.26. The van der Waals surface area contributed by atoms with Crippen molar-refractivity contribution in [1.82, 2.24) is 4.31 Å². The fraction of sp³-hybridized carbons (Fsp3) is 0.429. The zero-order chi connectivity index (χ0) is 22.0. The molecule has 1 aliphatic heterocycles. The average molecular weight is 448 g/mol. The van der Waals surface area contributed by atoms with Crippen molar-refractivity contribution in [1.29, 1.82) is 0 Å². The van der Waals surface area contributed by atoms with Gasteiger partial charge in [-0.2, -0.15) is 4.31 Å². The molecule has 2 fully saturated rings. The van der Waals surface area contributed by atoms with Crippen molar-refractivity contribution in [2.75, 3.05) is 38.7 Å². The molecule has 1 atom stereocenters. The van der Waals surface area contributed by atoms with Crippen LogP contribution in [0.15, 0.2) is 47.4 Å². The molecule has 166 valence electrons. The molecule has 0 amide bonds. The highest BCUT2D eigenvalue weighted by Gasteiger charge is 2.34. The molecule has 1 saturated heterocycles. The number of sulfonamides is 1. The minimum atomic E-state index is -3.82. The second-order valence-electron chi connectivity index (χ2n) is 7.69. The number of nitrogens with zero attached hydrogens (tertiary/aromatic N) is 2. The summed E-state index contributed by atoms with van der Waals surface area (Å²) in [5.41, 5.74) is 1.05. The van der Waals surface area contributed by atoms with Crippen LogP contribution in [0.3, 0.4) is 0 Å². The predicted molar refractivity (Wildman–Crippen MR) is 115 cm³/mol. The Bertz CT molecular complexity index is 1050. The van der Waals surface area contributed by atoms with Gasteiger partial charge in [-0.05, 0) is 48.6 Å². The van der Waals surface area contributed by atoms with Gasteiger partial charge in [0.25, 0.3) is 5.69 Å². The topological polar surface area (TPSA) is 111 Å². The normalized spacial score (nSPS) is 18.4. The van der Waals surface area contributed by atoms with Crippen LogP contribution in [0, 0.1) is 16.0 Å². The zero-order valence-electron chi connectivity index (χ0n) is 17.2. The monoisotopic (exact) mass is 447 g/mol. The van der Waals surface area contributed by atoms with Gasteiger partial charge in [0.1, 0.15) is 11.4 Å². The van der Waals surface area contributed by atoms with Gasteiger partial charge in [-0.3, -0.25) is 10.1 Å². The third-order valence-corrected chi connectivity index (χ3v) is 7.55. The Morgan fingerprint density at radius 1 is 1.16 bits per heavy atom. The van der Waals surface area contributed by atoms with Crippen LogP contribution in [0.4, 0.5) is 11.4 Å². The van der Waals surface area contributed by atoms with Gasteiger partial charge in [0.05, 0.1) is 36.2 Å². The number of nitro benzene ring substituents is 1. The van der Waals surface area contributed by atoms with Crippen LogP contribution in [0.5, 0.6) is 5.75 Å². The number of morpholine rings is 1. The average Bonchev–Trinajstić information content (AvgIpc) is 3.63. The summed E-state index contributed by atoms with van der Waals surface area (Å²) < 4.78 is 37.5. The number of nitrogens with one attached hydrogen (secondary N) is 1. The Hall–Kier alpha value is -2.69. The molecule has 1 saturated carbocycles. The molecule has 9 nitrogen and oxygen atoms in total. The van der Waals surface area contributed by atoms with Gasteiger partial charge in [-0.1, -0.05) is 12.1 Å². The highest BCUT2D eigenvalue weighted by molar-refractivity contribution is 7.89. The summed E-state index contributed by atoms with van der Waals surface area (Å²) in [7, 11) is -2.22. The Morgan fingerprint density at radius 3 is 2.42 bits per heavy atom. The molecular formula is C21H25N3O6S. The third-order valence-electron chi connectivity index (χ3n) is 5.65. The predicted octanol–water partition coefficient (Wildman–Crippen LogP) is 3.19. The maximum atomic E-state index is 12.9. The summed E-state index contributed by atoms with van der Waals surface area (Å²) in [6.07, 6.45) is 2.06. The summed E-state index contributed by atoms with van der Waals surface area (Å²) in [4.78, 5) is 11.2. The summed E-state index contributed by atoms with van der Waals surface area (Å²) in [6, 6.07) is 11.6. The minimum Gasteiger partial charge on any atom is -0.497 e. The van der Waals surface area contributed by atoms with Gasteiger partial charge in [0.15, 0.2) is 0 Å². The maximum absolute atomic E-state index is 12.9. The molecule has 10 heteroatoms. The molecule has 1 aliphatic carbocycles. The summed E-state index contributed by atoms with van der Waals surface area (Å²) in [5, 5.41) is 15.1. The van der Waals surface area contributed by atoms with E-state index < -0.39 is 14.9 Å². The maximum Gasteiger partial charge on any atom is 0.293 e. The number of rotatable bonds is 8. The van der Waals surface area contributed by atoms with Crippen molar-refractivity contribution in [3.8, 4) is 5.75 Å². The van der Waals surface area contributed by atoms with Crippen LogP contribution in [0.2, 0.25) is 0 Å². The molecular weight excluding hydrogens is 422 g/mol. The molecule has 2 aromatic carbocycles. The SMILES string of the molecule is COc1ccc(C(Nc2ccc(S(=O)(=O)N3CCOCC3)cc2[N+](=O)[O-])C2CC2)cc1. The van der Waals surface area contributed by atoms with Crippen molar-refractivity contribution in [3.63, 3.8) is 0 Å². The molecule has 4 rings (SSSR count). The first-order valence-corrected chi connectivity index (χ1v) is 11.6. The van der Waals surface area contributed by atoms with Gasteiger partial charge >= 0.3 is 0 Å². The van der Waals surface area contributed by atoms with Crippen molar-refractivity contribution < 1.29 is 22.8 Å². The van der Waals surface area contributed by atoms with E-state index >= 15 is 0 Å². The summed E-state index contributed by atoms with van der Waals surface area (Å²) in [5.74, 6) is 1.10. The van der Waals surface area contributed by atoms with E-state index in [0.717, 1.165) is 30.2 Å². The number of ether oxygens (including phenoxy) is 2. The van der Waals surface area contributed by atoms with E-state index in [9.17, 15) is 18.5 Å². The van der Waals surface area contributed by atoms with Crippen molar-refractivity contribution in [2.24, 2.45) is 5.92 Å². The Kier molecular flexibility index (Phi) is 6.12. The van der Waals surface area contributed by atoms with Crippen LogP contribution in [0.1, 0.15) is 24.4 Å². The molecule has 0 spiro atoms. The molecule has 1 unspecified atom stereocenters. The van der Waals surface area contributed by atoms with E-state index in [1.165, 1.54) is 16.4 Å². The van der Waals surface area contributed by atoms with E-state index in [2.05, 4.69) is 5.32 Å². The van der Waals surface area contributed by atoms with Crippen LogP contribution in [-0.4, -0.2) is 51.1 Å². The number of hydrogen-bond donors (Lipinski definition) is 1. The highest BCUT2D eigenvalue weighted by Crippen LogP contribution is 2.44. The number of methoxy groups -OCH3 is 1. The molecule has 2 aromatic rings. The molecule has 1 heterocycles. The molecule has 0 aromatic heterocycles. The third kappa shape index (κ3) is 4.65. The lowest BCUT2D eigenvalue weighted by atomic mass is 10.0. The van der Waals surface area contributed by atoms with Gasteiger partial charge in [-0.15, -0.1) is 0 Å². The lowest BCUT2D eigenvalue weighted by molar-refractivity contribution is -0.384.